The Hall–Kier alpha value is -1.07. The topological polar surface area (TPSA) is 89.6 Å². The molecule has 0 saturated carbocycles. The molecule has 0 aromatic rings. The molecule has 0 amide bonds. The molecule has 0 aliphatic carbocycles. The van der Waals surface area contributed by atoms with Crippen molar-refractivity contribution in [3.05, 3.63) is 10.7 Å². The van der Waals surface area contributed by atoms with Crippen molar-refractivity contribution >= 4 is 23.4 Å². The molecule has 0 aromatic carbocycles. The van der Waals surface area contributed by atoms with E-state index in [0.717, 1.165) is 0 Å². The highest BCUT2D eigenvalue weighted by Crippen LogP contribution is 2.15. The Kier molecular flexibility index (Phi) is 5.19. The number of nitrogens with two attached hydrogens (primary N) is 1. The molecule has 80 valence electrons. The van der Waals surface area contributed by atoms with Gasteiger partial charge in [-0.3, -0.25) is 4.79 Å². The van der Waals surface area contributed by atoms with Gasteiger partial charge in [0.05, 0.1) is 6.10 Å². The average molecular weight is 222 g/mol. The molecule has 0 fully saturated rings. The first-order valence-corrected chi connectivity index (χ1v) is 4.22. The van der Waals surface area contributed by atoms with E-state index in [1.54, 1.807) is 6.92 Å². The molecule has 0 bridgehead atoms. The number of Topliss-reactive ketones (excluding diaryl/α,β-unsaturated/α-hetero) is 1. The minimum atomic E-state index is -1.62. The largest absolute Gasteiger partial charge is 0.475 e. The summed E-state index contributed by atoms with van der Waals surface area (Å²) in [6.45, 7) is 1.72. The lowest BCUT2D eigenvalue weighted by molar-refractivity contribution is -0.147. The standard InChI is InChI=1S/C8H12ClNO4/c1-4(14-2)3-5(9)6(10)7(11)8(12)13/h4H,3,10H2,1-2H3,(H,12,13)/b6-5+. The van der Waals surface area contributed by atoms with Crippen LogP contribution in [0.2, 0.25) is 0 Å². The molecule has 0 aliphatic rings. The second kappa shape index (κ2) is 5.62. The van der Waals surface area contributed by atoms with Crippen molar-refractivity contribution < 1.29 is 19.4 Å². The van der Waals surface area contributed by atoms with Crippen molar-refractivity contribution in [3.8, 4) is 0 Å². The van der Waals surface area contributed by atoms with Gasteiger partial charge in [-0.25, -0.2) is 4.79 Å². The number of rotatable bonds is 5. The van der Waals surface area contributed by atoms with Crippen molar-refractivity contribution in [3.63, 3.8) is 0 Å². The number of hydrogen-bond acceptors (Lipinski definition) is 4. The maximum Gasteiger partial charge on any atom is 0.378 e. The lowest BCUT2D eigenvalue weighted by Gasteiger charge is -2.09. The number of ketones is 1. The van der Waals surface area contributed by atoms with Crippen molar-refractivity contribution in [1.82, 2.24) is 0 Å². The summed E-state index contributed by atoms with van der Waals surface area (Å²) in [5.74, 6) is -2.82. The molecule has 14 heavy (non-hydrogen) atoms. The van der Waals surface area contributed by atoms with Gasteiger partial charge in [-0.2, -0.15) is 0 Å². The lowest BCUT2D eigenvalue weighted by Crippen LogP contribution is -2.22. The summed E-state index contributed by atoms with van der Waals surface area (Å²) in [6.07, 6.45) is -0.00855. The van der Waals surface area contributed by atoms with E-state index in [0.29, 0.717) is 0 Å². The van der Waals surface area contributed by atoms with Gasteiger partial charge in [-0.15, -0.1) is 0 Å². The van der Waals surface area contributed by atoms with Crippen molar-refractivity contribution in [1.29, 1.82) is 0 Å². The van der Waals surface area contributed by atoms with Gasteiger partial charge in [0, 0.05) is 18.6 Å². The molecule has 3 N–H and O–H groups in total. The molecule has 1 atom stereocenters. The Labute approximate surface area is 86.5 Å². The zero-order valence-corrected chi connectivity index (χ0v) is 8.67. The van der Waals surface area contributed by atoms with Gasteiger partial charge in [-0.05, 0) is 6.92 Å². The molecular formula is C8H12ClNO4. The molecular weight excluding hydrogens is 210 g/mol. The van der Waals surface area contributed by atoms with E-state index in [1.165, 1.54) is 7.11 Å². The van der Waals surface area contributed by atoms with Gasteiger partial charge in [0.2, 0.25) is 0 Å². The smallest absolute Gasteiger partial charge is 0.378 e. The van der Waals surface area contributed by atoms with Crippen LogP contribution in [-0.2, 0) is 14.3 Å². The fourth-order valence-electron chi connectivity index (χ4n) is 0.684. The molecule has 0 radical (unpaired) electrons. The third kappa shape index (κ3) is 3.76. The maximum absolute atomic E-state index is 10.8. The highest BCUT2D eigenvalue weighted by atomic mass is 35.5. The second-order valence-corrected chi connectivity index (χ2v) is 3.16. The molecule has 0 saturated heterocycles. The van der Waals surface area contributed by atoms with Crippen LogP contribution in [0.5, 0.6) is 0 Å². The van der Waals surface area contributed by atoms with Gasteiger partial charge in [0.1, 0.15) is 5.70 Å². The van der Waals surface area contributed by atoms with Crippen molar-refractivity contribution in [2.24, 2.45) is 5.73 Å². The molecule has 0 rings (SSSR count). The number of methoxy groups -OCH3 is 1. The van der Waals surface area contributed by atoms with Crippen LogP contribution in [-0.4, -0.2) is 30.1 Å². The zero-order valence-electron chi connectivity index (χ0n) is 7.91. The van der Waals surface area contributed by atoms with Crippen LogP contribution in [0.25, 0.3) is 0 Å². The van der Waals surface area contributed by atoms with E-state index in [9.17, 15) is 9.59 Å². The molecule has 6 heteroatoms. The summed E-state index contributed by atoms with van der Waals surface area (Å²) < 4.78 is 4.88. The fourth-order valence-corrected chi connectivity index (χ4v) is 0.987. The van der Waals surface area contributed by atoms with Crippen molar-refractivity contribution in [2.45, 2.75) is 19.4 Å². The Morgan fingerprint density at radius 1 is 1.57 bits per heavy atom. The number of carbonyl (C=O) groups is 2. The molecule has 0 aromatic heterocycles. The highest BCUT2D eigenvalue weighted by molar-refractivity contribution is 6.43. The molecule has 0 aliphatic heterocycles. The Morgan fingerprint density at radius 2 is 2.07 bits per heavy atom. The number of halogens is 1. The van der Waals surface area contributed by atoms with Crippen LogP contribution in [0.1, 0.15) is 13.3 Å². The first kappa shape index (κ1) is 12.9. The van der Waals surface area contributed by atoms with Gasteiger partial charge < -0.3 is 15.6 Å². The Bertz CT molecular complexity index is 275. The Balaban J connectivity index is 4.59. The Morgan fingerprint density at radius 3 is 2.43 bits per heavy atom. The van der Waals surface area contributed by atoms with Gasteiger partial charge in [0.15, 0.2) is 0 Å². The van der Waals surface area contributed by atoms with Crippen LogP contribution in [0.3, 0.4) is 0 Å². The van der Waals surface area contributed by atoms with Crippen LogP contribution in [0.15, 0.2) is 10.7 Å². The number of aliphatic carboxylic acids is 1. The van der Waals surface area contributed by atoms with Crippen LogP contribution in [0.4, 0.5) is 0 Å². The molecule has 1 unspecified atom stereocenters. The monoisotopic (exact) mass is 221 g/mol. The van der Waals surface area contributed by atoms with Crippen LogP contribution >= 0.6 is 11.6 Å². The second-order valence-electron chi connectivity index (χ2n) is 2.70. The van der Waals surface area contributed by atoms with E-state index >= 15 is 0 Å². The number of hydrogen-bond donors (Lipinski definition) is 2. The fraction of sp³-hybridized carbons (Fsp3) is 0.500. The maximum atomic E-state index is 10.8. The highest BCUT2D eigenvalue weighted by Gasteiger charge is 2.19. The van der Waals surface area contributed by atoms with Gasteiger partial charge in [-0.1, -0.05) is 11.6 Å². The summed E-state index contributed by atoms with van der Waals surface area (Å²) in [7, 11) is 1.48. The lowest BCUT2D eigenvalue weighted by atomic mass is 10.2. The van der Waals surface area contributed by atoms with Gasteiger partial charge >= 0.3 is 5.97 Å². The van der Waals surface area contributed by atoms with E-state index in [4.69, 9.17) is 27.2 Å². The number of carboxylic acid groups (broad SMARTS) is 1. The number of ether oxygens (including phenoxy) is 1. The third-order valence-corrected chi connectivity index (χ3v) is 1.96. The predicted molar refractivity (Wildman–Crippen MR) is 50.8 cm³/mol. The minimum Gasteiger partial charge on any atom is -0.475 e. The summed E-state index contributed by atoms with van der Waals surface area (Å²) in [5.41, 5.74) is 4.78. The minimum absolute atomic E-state index is 0.00625. The van der Waals surface area contributed by atoms with Crippen molar-refractivity contribution in [2.75, 3.05) is 7.11 Å². The third-order valence-electron chi connectivity index (χ3n) is 1.60. The quantitative estimate of drug-likeness (QED) is 0.521. The molecule has 0 spiro atoms. The predicted octanol–water partition coefficient (Wildman–Crippen LogP) is 0.474. The van der Waals surface area contributed by atoms with E-state index < -0.39 is 17.4 Å². The summed E-state index contributed by atoms with van der Waals surface area (Å²) in [5, 5.41) is 8.35. The zero-order chi connectivity index (χ0) is 11.3. The normalized spacial score (nSPS) is 14.5. The first-order valence-electron chi connectivity index (χ1n) is 3.84. The first-order chi connectivity index (χ1) is 6.40. The summed E-state index contributed by atoms with van der Waals surface area (Å²) in [4.78, 5) is 21.1. The van der Waals surface area contributed by atoms with Gasteiger partial charge in [0.25, 0.3) is 5.78 Å². The number of carbonyl (C=O) groups excluding carboxylic acids is 1. The summed E-state index contributed by atoms with van der Waals surface area (Å²) >= 11 is 5.63. The average Bonchev–Trinajstić information content (AvgIpc) is 2.14. The van der Waals surface area contributed by atoms with Crippen LogP contribution < -0.4 is 5.73 Å². The molecule has 5 nitrogen and oxygen atoms in total. The van der Waals surface area contributed by atoms with E-state index in [-0.39, 0.29) is 17.6 Å². The summed E-state index contributed by atoms with van der Waals surface area (Å²) in [6, 6.07) is 0. The van der Waals surface area contributed by atoms with E-state index in [1.807, 2.05) is 0 Å². The SMILES string of the molecule is COC(C)C/C(Cl)=C(\N)C(=O)C(=O)O. The molecule has 0 heterocycles. The number of carboxylic acids is 1. The van der Waals surface area contributed by atoms with E-state index in [2.05, 4.69) is 0 Å². The van der Waals surface area contributed by atoms with Crippen LogP contribution in [0, 0.1) is 0 Å².